The molecule has 4 aromatic rings. The van der Waals surface area contributed by atoms with Crippen molar-refractivity contribution in [2.24, 2.45) is 0 Å². The van der Waals surface area contributed by atoms with E-state index in [4.69, 9.17) is 4.74 Å². The minimum absolute atomic E-state index is 0.0847. The topological polar surface area (TPSA) is 123 Å². The summed E-state index contributed by atoms with van der Waals surface area (Å²) in [5.41, 5.74) is 2.47. The maximum Gasteiger partial charge on any atom is 0.269 e. The van der Waals surface area contributed by atoms with E-state index < -0.39 is 4.92 Å². The van der Waals surface area contributed by atoms with Crippen molar-refractivity contribution in [3.8, 4) is 17.0 Å². The van der Waals surface area contributed by atoms with Gasteiger partial charge in [-0.05, 0) is 61.0 Å². The van der Waals surface area contributed by atoms with E-state index in [1.54, 1.807) is 25.3 Å². The first-order chi connectivity index (χ1) is 18.4. The van der Waals surface area contributed by atoms with Gasteiger partial charge in [0.1, 0.15) is 5.75 Å². The molecule has 0 spiro atoms. The quantitative estimate of drug-likeness (QED) is 0.132. The highest BCUT2D eigenvalue weighted by Crippen LogP contribution is 2.30. The second kappa shape index (κ2) is 12.3. The Bertz CT molecular complexity index is 1440. The number of ether oxygens (including phenoxy) is 1. The van der Waals surface area contributed by atoms with E-state index in [1.807, 2.05) is 42.6 Å². The van der Waals surface area contributed by atoms with E-state index in [9.17, 15) is 19.7 Å². The largest absolute Gasteiger partial charge is 0.497 e. The van der Waals surface area contributed by atoms with Crippen molar-refractivity contribution in [2.45, 2.75) is 23.5 Å². The number of nitro benzene ring substituents is 1. The van der Waals surface area contributed by atoms with Crippen molar-refractivity contribution in [1.82, 2.24) is 4.98 Å². The fourth-order valence-electron chi connectivity index (χ4n) is 3.48. The Labute approximate surface area is 227 Å². The van der Waals surface area contributed by atoms with Crippen LogP contribution < -0.4 is 15.4 Å². The summed E-state index contributed by atoms with van der Waals surface area (Å²) in [5, 5.41) is 18.6. The van der Waals surface area contributed by atoms with Gasteiger partial charge in [-0.3, -0.25) is 19.7 Å². The van der Waals surface area contributed by atoms with E-state index >= 15 is 0 Å². The molecule has 1 heterocycles. The van der Waals surface area contributed by atoms with Crippen LogP contribution in [0.5, 0.6) is 5.75 Å². The number of non-ortho nitro benzene ring substituents is 1. The number of anilines is 2. The van der Waals surface area contributed by atoms with Crippen LogP contribution in [0.25, 0.3) is 11.3 Å². The normalized spacial score (nSPS) is 11.4. The number of nitrogens with zero attached hydrogens (tertiary/aromatic N) is 2. The summed E-state index contributed by atoms with van der Waals surface area (Å²) in [6, 6.07) is 20.1. The van der Waals surface area contributed by atoms with Gasteiger partial charge >= 0.3 is 0 Å². The molecular formula is C27H24N4O5S2. The number of hydrogen-bond acceptors (Lipinski definition) is 8. The van der Waals surface area contributed by atoms with E-state index in [2.05, 4.69) is 15.6 Å². The molecule has 0 aliphatic heterocycles. The van der Waals surface area contributed by atoms with Crippen molar-refractivity contribution in [1.29, 1.82) is 0 Å². The van der Waals surface area contributed by atoms with Crippen LogP contribution in [0.4, 0.5) is 16.5 Å². The molecule has 0 fully saturated rings. The molecule has 0 bridgehead atoms. The fourth-order valence-corrected chi connectivity index (χ4v) is 5.22. The van der Waals surface area contributed by atoms with Crippen molar-refractivity contribution < 1.29 is 19.2 Å². The van der Waals surface area contributed by atoms with Crippen LogP contribution in [-0.4, -0.2) is 34.1 Å². The Kier molecular flexibility index (Phi) is 8.72. The van der Waals surface area contributed by atoms with Crippen LogP contribution in [-0.2, 0) is 4.79 Å². The average Bonchev–Trinajstić information content (AvgIpc) is 3.40. The highest BCUT2D eigenvalue weighted by molar-refractivity contribution is 8.00. The van der Waals surface area contributed by atoms with Crippen molar-refractivity contribution in [2.75, 3.05) is 17.7 Å². The molecule has 4 rings (SSSR count). The number of benzene rings is 3. The number of methoxy groups -OCH3 is 1. The number of carbonyl (C=O) groups is 2. The zero-order valence-electron chi connectivity index (χ0n) is 20.5. The van der Waals surface area contributed by atoms with Gasteiger partial charge in [-0.1, -0.05) is 13.0 Å². The van der Waals surface area contributed by atoms with Crippen LogP contribution in [0.3, 0.4) is 0 Å². The third kappa shape index (κ3) is 6.75. The van der Waals surface area contributed by atoms with Gasteiger partial charge < -0.3 is 15.4 Å². The van der Waals surface area contributed by atoms with E-state index in [0.717, 1.165) is 21.9 Å². The lowest BCUT2D eigenvalue weighted by Gasteiger charge is -2.14. The third-order valence-electron chi connectivity index (χ3n) is 5.49. The van der Waals surface area contributed by atoms with E-state index in [0.29, 0.717) is 22.8 Å². The fraction of sp³-hybridized carbons (Fsp3) is 0.148. The van der Waals surface area contributed by atoms with Gasteiger partial charge in [0.25, 0.3) is 11.6 Å². The molecule has 0 aliphatic rings. The minimum Gasteiger partial charge on any atom is -0.497 e. The minimum atomic E-state index is -0.517. The van der Waals surface area contributed by atoms with E-state index in [1.165, 1.54) is 47.4 Å². The summed E-state index contributed by atoms with van der Waals surface area (Å²) in [7, 11) is 1.61. The number of thiazole rings is 1. The van der Waals surface area contributed by atoms with Gasteiger partial charge in [-0.25, -0.2) is 4.98 Å². The summed E-state index contributed by atoms with van der Waals surface area (Å²) in [6.45, 7) is 1.93. The molecule has 38 heavy (non-hydrogen) atoms. The summed E-state index contributed by atoms with van der Waals surface area (Å²) >= 11 is 2.75. The Morgan fingerprint density at radius 1 is 1.08 bits per heavy atom. The zero-order valence-corrected chi connectivity index (χ0v) is 22.2. The number of carbonyl (C=O) groups excluding carboxylic acids is 2. The molecule has 2 amide bonds. The standard InChI is InChI=1S/C27H24N4O5S2/c1-3-24(26(33)30-27-29-23(16-37-27)17-9-13-21(36-2)14-10-17)38-22-6-4-5-19(15-22)28-25(32)18-7-11-20(12-8-18)31(34)35/h4-16,24H,3H2,1-2H3,(H,28,32)(H,29,30,33). The van der Waals surface area contributed by atoms with Crippen LogP contribution in [0, 0.1) is 10.1 Å². The van der Waals surface area contributed by atoms with Gasteiger partial charge in [0.2, 0.25) is 5.91 Å². The lowest BCUT2D eigenvalue weighted by Crippen LogP contribution is -2.24. The molecule has 194 valence electrons. The van der Waals surface area contributed by atoms with Gasteiger partial charge in [0.15, 0.2) is 5.13 Å². The molecule has 0 aliphatic carbocycles. The van der Waals surface area contributed by atoms with Crippen molar-refractivity contribution in [3.63, 3.8) is 0 Å². The first kappa shape index (κ1) is 26.8. The number of thioether (sulfide) groups is 1. The Morgan fingerprint density at radius 3 is 2.47 bits per heavy atom. The molecule has 3 aromatic carbocycles. The first-order valence-electron chi connectivity index (χ1n) is 11.6. The smallest absolute Gasteiger partial charge is 0.269 e. The Balaban J connectivity index is 1.38. The monoisotopic (exact) mass is 548 g/mol. The third-order valence-corrected chi connectivity index (χ3v) is 7.61. The van der Waals surface area contributed by atoms with Crippen LogP contribution in [0.15, 0.2) is 83.1 Å². The van der Waals surface area contributed by atoms with Gasteiger partial charge in [0, 0.05) is 39.2 Å². The summed E-state index contributed by atoms with van der Waals surface area (Å²) in [5.74, 6) is 0.215. The Morgan fingerprint density at radius 2 is 1.82 bits per heavy atom. The van der Waals surface area contributed by atoms with Crippen molar-refractivity contribution in [3.05, 3.63) is 93.9 Å². The lowest BCUT2D eigenvalue weighted by atomic mass is 10.2. The number of nitro groups is 1. The molecule has 1 atom stereocenters. The average molecular weight is 549 g/mol. The number of hydrogen-bond donors (Lipinski definition) is 2. The molecule has 2 N–H and O–H groups in total. The van der Waals surface area contributed by atoms with Crippen molar-refractivity contribution >= 4 is 51.4 Å². The van der Waals surface area contributed by atoms with Gasteiger partial charge in [-0.2, -0.15) is 0 Å². The highest BCUT2D eigenvalue weighted by Gasteiger charge is 2.20. The maximum absolute atomic E-state index is 13.0. The maximum atomic E-state index is 13.0. The van der Waals surface area contributed by atoms with Crippen LogP contribution in [0.1, 0.15) is 23.7 Å². The molecule has 1 aromatic heterocycles. The van der Waals surface area contributed by atoms with Crippen LogP contribution in [0.2, 0.25) is 0 Å². The molecule has 9 nitrogen and oxygen atoms in total. The Hall–Kier alpha value is -4.22. The number of nitrogens with one attached hydrogen (secondary N) is 2. The predicted molar refractivity (Wildman–Crippen MR) is 150 cm³/mol. The molecule has 0 saturated carbocycles. The molecule has 1 unspecified atom stereocenters. The van der Waals surface area contributed by atoms with Crippen LogP contribution >= 0.6 is 23.1 Å². The molecule has 0 radical (unpaired) electrons. The van der Waals surface area contributed by atoms with E-state index in [-0.39, 0.29) is 22.8 Å². The number of amides is 2. The molecular weight excluding hydrogens is 524 g/mol. The highest BCUT2D eigenvalue weighted by atomic mass is 32.2. The predicted octanol–water partition coefficient (Wildman–Crippen LogP) is 6.49. The van der Waals surface area contributed by atoms with Gasteiger partial charge in [-0.15, -0.1) is 23.1 Å². The molecule has 0 saturated heterocycles. The summed E-state index contributed by atoms with van der Waals surface area (Å²) in [6.07, 6.45) is 0.590. The second-order valence-corrected chi connectivity index (χ2v) is 10.2. The summed E-state index contributed by atoms with van der Waals surface area (Å²) in [4.78, 5) is 41.2. The lowest BCUT2D eigenvalue weighted by molar-refractivity contribution is -0.384. The summed E-state index contributed by atoms with van der Waals surface area (Å²) < 4.78 is 5.19. The SMILES string of the molecule is CCC(Sc1cccc(NC(=O)c2ccc([N+](=O)[O-])cc2)c1)C(=O)Nc1nc(-c2ccc(OC)cc2)cs1. The number of aromatic nitrogens is 1. The van der Waals surface area contributed by atoms with Gasteiger partial charge in [0.05, 0.1) is 23.0 Å². The number of rotatable bonds is 10. The molecule has 11 heteroatoms. The second-order valence-electron chi connectivity index (χ2n) is 8.06. The first-order valence-corrected chi connectivity index (χ1v) is 13.4. The zero-order chi connectivity index (χ0) is 27.1.